The number of rotatable bonds is 6. The zero-order valence-corrected chi connectivity index (χ0v) is 14.1. The number of hydrogen-bond acceptors (Lipinski definition) is 3. The van der Waals surface area contributed by atoms with E-state index in [9.17, 15) is 5.11 Å². The van der Waals surface area contributed by atoms with Crippen molar-refractivity contribution in [3.05, 3.63) is 22.2 Å². The first-order valence-corrected chi connectivity index (χ1v) is 7.15. The maximum absolute atomic E-state index is 9.84. The van der Waals surface area contributed by atoms with Crippen LogP contribution in [0.4, 0.5) is 0 Å². The maximum atomic E-state index is 9.84. The normalized spacial score (nSPS) is 12.1. The molecule has 0 bridgehead atoms. The fourth-order valence-electron chi connectivity index (χ4n) is 1.75. The topological polar surface area (TPSA) is 55.5 Å². The number of hydrogen-bond donors (Lipinski definition) is 2. The zero-order chi connectivity index (χ0) is 13.7. The quantitative estimate of drug-likeness (QED) is 0.797. The Bertz CT molecular complexity index is 399. The molecule has 3 N–H and O–H groups in total. The average molecular weight is 353 g/mol. The summed E-state index contributed by atoms with van der Waals surface area (Å²) in [4.78, 5) is 0. The van der Waals surface area contributed by atoms with Crippen LogP contribution >= 0.6 is 28.3 Å². The minimum absolute atomic E-state index is 0. The van der Waals surface area contributed by atoms with Crippen molar-refractivity contribution in [3.8, 4) is 11.5 Å². The van der Waals surface area contributed by atoms with Crippen LogP contribution in [0.15, 0.2) is 16.6 Å². The lowest BCUT2D eigenvalue weighted by atomic mass is 9.98. The van der Waals surface area contributed by atoms with E-state index in [-0.39, 0.29) is 24.2 Å². The molecule has 1 atom stereocenters. The summed E-state index contributed by atoms with van der Waals surface area (Å²) in [5.41, 5.74) is 7.16. The third-order valence-electron chi connectivity index (χ3n) is 2.83. The molecule has 1 aromatic carbocycles. The van der Waals surface area contributed by atoms with Crippen LogP contribution in [0.1, 0.15) is 45.2 Å². The molecule has 0 spiro atoms. The molecule has 0 aromatic heterocycles. The fraction of sp³-hybridized carbons (Fsp3) is 0.571. The van der Waals surface area contributed by atoms with E-state index in [0.29, 0.717) is 22.7 Å². The molecule has 19 heavy (non-hydrogen) atoms. The molecule has 3 nitrogen and oxygen atoms in total. The molecule has 5 heteroatoms. The van der Waals surface area contributed by atoms with Gasteiger partial charge in [0, 0.05) is 6.04 Å². The predicted octanol–water partition coefficient (Wildman–Crippen LogP) is 4.41. The van der Waals surface area contributed by atoms with E-state index in [1.54, 1.807) is 0 Å². The molecule has 0 radical (unpaired) electrons. The molecular formula is C14H23BrClNO2. The molecule has 0 fully saturated rings. The Hall–Kier alpha value is -0.450. The average Bonchev–Trinajstić information content (AvgIpc) is 2.31. The smallest absolute Gasteiger partial charge is 0.172 e. The van der Waals surface area contributed by atoms with Gasteiger partial charge < -0.3 is 15.6 Å². The number of phenols is 1. The monoisotopic (exact) mass is 351 g/mol. The van der Waals surface area contributed by atoms with Crippen LogP contribution in [-0.2, 0) is 0 Å². The molecule has 1 aromatic rings. The molecule has 0 heterocycles. The van der Waals surface area contributed by atoms with Gasteiger partial charge in [0.1, 0.15) is 0 Å². The summed E-state index contributed by atoms with van der Waals surface area (Å²) < 4.78 is 6.03. The van der Waals surface area contributed by atoms with Crippen LogP contribution in [0.25, 0.3) is 0 Å². The van der Waals surface area contributed by atoms with Crippen LogP contribution in [0, 0.1) is 5.92 Å². The first kappa shape index (κ1) is 18.6. The van der Waals surface area contributed by atoms with Gasteiger partial charge in [-0.1, -0.05) is 13.8 Å². The van der Waals surface area contributed by atoms with Gasteiger partial charge >= 0.3 is 0 Å². The van der Waals surface area contributed by atoms with E-state index in [4.69, 9.17) is 10.5 Å². The molecule has 0 unspecified atom stereocenters. The predicted molar refractivity (Wildman–Crippen MR) is 85.2 cm³/mol. The lowest BCUT2D eigenvalue weighted by Gasteiger charge is -2.16. The van der Waals surface area contributed by atoms with Crippen molar-refractivity contribution < 1.29 is 9.84 Å². The van der Waals surface area contributed by atoms with E-state index >= 15 is 0 Å². The molecule has 0 aliphatic heterocycles. The molecule has 0 aliphatic rings. The molecule has 0 saturated carbocycles. The first-order valence-electron chi connectivity index (χ1n) is 6.36. The number of benzene rings is 1. The lowest BCUT2D eigenvalue weighted by Crippen LogP contribution is -2.11. The van der Waals surface area contributed by atoms with Gasteiger partial charge in [-0.25, -0.2) is 0 Å². The Morgan fingerprint density at radius 1 is 1.32 bits per heavy atom. The van der Waals surface area contributed by atoms with Gasteiger partial charge in [0.25, 0.3) is 0 Å². The molecule has 0 saturated heterocycles. The Kier molecular flexibility index (Phi) is 8.46. The Labute approximate surface area is 130 Å². The summed E-state index contributed by atoms with van der Waals surface area (Å²) in [5, 5.41) is 9.84. The molecule has 0 aliphatic carbocycles. The third-order valence-corrected chi connectivity index (χ3v) is 3.44. The second-order valence-electron chi connectivity index (χ2n) is 4.86. The van der Waals surface area contributed by atoms with Crippen molar-refractivity contribution in [1.29, 1.82) is 0 Å². The van der Waals surface area contributed by atoms with Gasteiger partial charge in [-0.05, 0) is 59.3 Å². The van der Waals surface area contributed by atoms with E-state index in [2.05, 4.69) is 29.8 Å². The van der Waals surface area contributed by atoms with Gasteiger partial charge in [-0.15, -0.1) is 12.4 Å². The molecule has 1 rings (SSSR count). The van der Waals surface area contributed by atoms with Crippen LogP contribution in [0.3, 0.4) is 0 Å². The van der Waals surface area contributed by atoms with Crippen LogP contribution in [0.2, 0.25) is 0 Å². The maximum Gasteiger partial charge on any atom is 0.172 e. The summed E-state index contributed by atoms with van der Waals surface area (Å²) in [6.07, 6.45) is 2.02. The van der Waals surface area contributed by atoms with Crippen LogP contribution in [0.5, 0.6) is 11.5 Å². The van der Waals surface area contributed by atoms with E-state index in [1.807, 2.05) is 19.1 Å². The molecule has 0 amide bonds. The highest BCUT2D eigenvalue weighted by molar-refractivity contribution is 9.10. The van der Waals surface area contributed by atoms with Gasteiger partial charge in [-0.2, -0.15) is 0 Å². The minimum atomic E-state index is -0.0245. The van der Waals surface area contributed by atoms with Crippen molar-refractivity contribution in [2.45, 2.75) is 39.7 Å². The Balaban J connectivity index is 0.00000324. The minimum Gasteiger partial charge on any atom is -0.503 e. The summed E-state index contributed by atoms with van der Waals surface area (Å²) in [7, 11) is 0. The van der Waals surface area contributed by atoms with Gasteiger partial charge in [-0.3, -0.25) is 0 Å². The highest BCUT2D eigenvalue weighted by atomic mass is 79.9. The second kappa shape index (κ2) is 8.67. The fourth-order valence-corrected chi connectivity index (χ4v) is 2.21. The third kappa shape index (κ3) is 5.59. The first-order chi connectivity index (χ1) is 8.45. The molecule has 110 valence electrons. The molecular weight excluding hydrogens is 330 g/mol. The summed E-state index contributed by atoms with van der Waals surface area (Å²) in [6.45, 7) is 6.78. The number of nitrogens with two attached hydrogens (primary N) is 1. The van der Waals surface area contributed by atoms with Gasteiger partial charge in [0.05, 0.1) is 11.1 Å². The van der Waals surface area contributed by atoms with Crippen LogP contribution in [-0.4, -0.2) is 11.7 Å². The van der Waals surface area contributed by atoms with Crippen molar-refractivity contribution in [3.63, 3.8) is 0 Å². The Morgan fingerprint density at radius 2 is 1.95 bits per heavy atom. The SMILES string of the molecule is CCOc1cc([C@H](N)CCC(C)C)cc(Br)c1O.Cl. The number of halogens is 2. The van der Waals surface area contributed by atoms with Crippen LogP contribution < -0.4 is 10.5 Å². The Morgan fingerprint density at radius 3 is 2.47 bits per heavy atom. The van der Waals surface area contributed by atoms with Crippen molar-refractivity contribution in [2.75, 3.05) is 6.61 Å². The van der Waals surface area contributed by atoms with Gasteiger partial charge in [0.2, 0.25) is 0 Å². The largest absolute Gasteiger partial charge is 0.503 e. The van der Waals surface area contributed by atoms with E-state index in [0.717, 1.165) is 18.4 Å². The summed E-state index contributed by atoms with van der Waals surface area (Å²) >= 11 is 3.33. The van der Waals surface area contributed by atoms with Crippen molar-refractivity contribution >= 4 is 28.3 Å². The summed E-state index contributed by atoms with van der Waals surface area (Å²) in [6, 6.07) is 3.67. The number of ether oxygens (including phenoxy) is 1. The van der Waals surface area contributed by atoms with Crippen molar-refractivity contribution in [2.24, 2.45) is 11.7 Å². The zero-order valence-electron chi connectivity index (χ0n) is 11.6. The van der Waals surface area contributed by atoms with Crippen molar-refractivity contribution in [1.82, 2.24) is 0 Å². The standard InChI is InChI=1S/C14H22BrNO2.ClH/c1-4-18-13-8-10(7-11(15)14(13)17)12(16)6-5-9(2)3;/h7-9,12,17H,4-6,16H2,1-3H3;1H/t12-;/m1./s1. The van der Waals surface area contributed by atoms with E-state index < -0.39 is 0 Å². The summed E-state index contributed by atoms with van der Waals surface area (Å²) in [5.74, 6) is 1.27. The number of phenolic OH excluding ortho intramolecular Hbond substituents is 1. The van der Waals surface area contributed by atoms with Gasteiger partial charge in [0.15, 0.2) is 11.5 Å². The highest BCUT2D eigenvalue weighted by Gasteiger charge is 2.14. The number of aromatic hydroxyl groups is 1. The lowest BCUT2D eigenvalue weighted by molar-refractivity contribution is 0.316. The van der Waals surface area contributed by atoms with E-state index in [1.165, 1.54) is 0 Å². The second-order valence-corrected chi connectivity index (χ2v) is 5.71. The highest BCUT2D eigenvalue weighted by Crippen LogP contribution is 2.37.